The molecule has 2 aliphatic rings. The zero-order valence-electron chi connectivity index (χ0n) is 18.2. The number of hydrogen-bond acceptors (Lipinski definition) is 7. The van der Waals surface area contributed by atoms with Crippen molar-refractivity contribution in [3.8, 4) is 5.75 Å². The summed E-state index contributed by atoms with van der Waals surface area (Å²) in [7, 11) is 3.55. The van der Waals surface area contributed by atoms with E-state index in [1.807, 2.05) is 7.05 Å². The highest BCUT2D eigenvalue weighted by Gasteiger charge is 2.42. The van der Waals surface area contributed by atoms with Gasteiger partial charge in [-0.25, -0.2) is 14.8 Å². The van der Waals surface area contributed by atoms with Crippen LogP contribution >= 0.6 is 11.6 Å². The molecule has 0 spiro atoms. The molecule has 1 unspecified atom stereocenters. The summed E-state index contributed by atoms with van der Waals surface area (Å²) in [6.07, 6.45) is -1.47. The maximum atomic E-state index is 13.4. The van der Waals surface area contributed by atoms with Crippen molar-refractivity contribution < 1.29 is 19.1 Å². The Bertz CT molecular complexity index is 1240. The summed E-state index contributed by atoms with van der Waals surface area (Å²) in [5.41, 5.74) is 1.36. The van der Waals surface area contributed by atoms with Crippen molar-refractivity contribution in [3.63, 3.8) is 0 Å². The normalized spacial score (nSPS) is 18.5. The summed E-state index contributed by atoms with van der Waals surface area (Å²) in [4.78, 5) is 40.4. The summed E-state index contributed by atoms with van der Waals surface area (Å²) >= 11 is 6.04. The molecule has 2 aromatic heterocycles. The van der Waals surface area contributed by atoms with Gasteiger partial charge in [-0.15, -0.1) is 0 Å². The lowest BCUT2D eigenvalue weighted by Crippen LogP contribution is -2.48. The lowest BCUT2D eigenvalue weighted by Gasteiger charge is -2.33. The molecule has 33 heavy (non-hydrogen) atoms. The number of anilines is 1. The second kappa shape index (κ2) is 8.49. The van der Waals surface area contributed by atoms with Crippen LogP contribution in [-0.2, 0) is 4.74 Å². The van der Waals surface area contributed by atoms with Gasteiger partial charge in [0, 0.05) is 42.7 Å². The van der Waals surface area contributed by atoms with E-state index in [1.165, 1.54) is 4.90 Å². The Morgan fingerprint density at radius 3 is 2.58 bits per heavy atom. The molecule has 2 aliphatic heterocycles. The average Bonchev–Trinajstić information content (AvgIpc) is 3.09. The van der Waals surface area contributed by atoms with Crippen LogP contribution in [0.4, 0.5) is 10.6 Å². The number of fused-ring (bicyclic) bond motifs is 2. The SMILES string of the molecule is COc1ccc2c(c1)C(OC(=O)N1CCN(C)CC1)N(c1ccc3ccc(Cl)nc3n1)C2=O. The van der Waals surface area contributed by atoms with E-state index in [-0.39, 0.29) is 5.91 Å². The first-order valence-electron chi connectivity index (χ1n) is 10.5. The minimum atomic E-state index is -0.987. The number of aromatic nitrogens is 2. The molecule has 0 bridgehead atoms. The molecule has 170 valence electrons. The third kappa shape index (κ3) is 3.94. The van der Waals surface area contributed by atoms with Crippen molar-refractivity contribution in [3.05, 3.63) is 58.7 Å². The first-order chi connectivity index (χ1) is 15.9. The largest absolute Gasteiger partial charge is 0.497 e. The fourth-order valence-corrected chi connectivity index (χ4v) is 4.18. The van der Waals surface area contributed by atoms with Gasteiger partial charge in [-0.2, -0.15) is 0 Å². The van der Waals surface area contributed by atoms with Gasteiger partial charge in [-0.3, -0.25) is 9.69 Å². The third-order valence-electron chi connectivity index (χ3n) is 5.93. The van der Waals surface area contributed by atoms with Crippen LogP contribution in [0.5, 0.6) is 5.75 Å². The molecule has 0 radical (unpaired) electrons. The fourth-order valence-electron chi connectivity index (χ4n) is 4.04. The summed E-state index contributed by atoms with van der Waals surface area (Å²) in [5.74, 6) is 0.551. The molecule has 0 N–H and O–H groups in total. The molecule has 1 saturated heterocycles. The van der Waals surface area contributed by atoms with Gasteiger partial charge < -0.3 is 19.3 Å². The average molecular weight is 468 g/mol. The predicted molar refractivity (Wildman–Crippen MR) is 123 cm³/mol. The fraction of sp³-hybridized carbons (Fsp3) is 0.304. The highest BCUT2D eigenvalue weighted by Crippen LogP contribution is 2.40. The maximum absolute atomic E-state index is 13.4. The number of nitrogens with zero attached hydrogens (tertiary/aromatic N) is 5. The Hall–Kier alpha value is -3.43. The number of carbonyl (C=O) groups excluding carboxylic acids is 2. The summed E-state index contributed by atoms with van der Waals surface area (Å²) in [5, 5.41) is 1.07. The van der Waals surface area contributed by atoms with Crippen LogP contribution in [0.1, 0.15) is 22.1 Å². The number of likely N-dealkylation sites (N-methyl/N-ethyl adjacent to an activating group) is 1. The zero-order chi connectivity index (χ0) is 23.1. The number of pyridine rings is 2. The number of carbonyl (C=O) groups is 2. The lowest BCUT2D eigenvalue weighted by molar-refractivity contribution is 0.0488. The summed E-state index contributed by atoms with van der Waals surface area (Å²) < 4.78 is 11.3. The second-order valence-corrected chi connectivity index (χ2v) is 8.39. The molecular weight excluding hydrogens is 446 g/mol. The van der Waals surface area contributed by atoms with Crippen molar-refractivity contribution in [2.45, 2.75) is 6.23 Å². The number of amides is 2. The topological polar surface area (TPSA) is 88.1 Å². The minimum absolute atomic E-state index is 0.297. The summed E-state index contributed by atoms with van der Waals surface area (Å²) in [6, 6.07) is 12.1. The number of ether oxygens (including phenoxy) is 2. The zero-order valence-corrected chi connectivity index (χ0v) is 19.0. The van der Waals surface area contributed by atoms with Crippen LogP contribution in [0.25, 0.3) is 11.0 Å². The van der Waals surface area contributed by atoms with Crippen molar-refractivity contribution >= 4 is 40.5 Å². The van der Waals surface area contributed by atoms with Crippen LogP contribution in [-0.4, -0.2) is 72.1 Å². The quantitative estimate of drug-likeness (QED) is 0.546. The van der Waals surface area contributed by atoms with E-state index in [9.17, 15) is 9.59 Å². The van der Waals surface area contributed by atoms with E-state index >= 15 is 0 Å². The van der Waals surface area contributed by atoms with Crippen LogP contribution in [0.3, 0.4) is 0 Å². The molecular formula is C23H22ClN5O4. The van der Waals surface area contributed by atoms with E-state index in [2.05, 4.69) is 14.9 Å². The van der Waals surface area contributed by atoms with Gasteiger partial charge in [-0.1, -0.05) is 11.6 Å². The van der Waals surface area contributed by atoms with E-state index in [0.717, 1.165) is 18.5 Å². The molecule has 1 fully saturated rings. The number of piperazine rings is 1. The standard InChI is InChI=1S/C23H22ClN5O4/c1-27-9-11-28(12-10-27)23(31)33-22-17-13-15(32-2)5-6-16(17)21(30)29(22)19-8-4-14-3-7-18(24)25-20(14)26-19/h3-8,13,22H,9-12H2,1-2H3. The maximum Gasteiger partial charge on any atom is 0.412 e. The lowest BCUT2D eigenvalue weighted by atomic mass is 10.1. The Morgan fingerprint density at radius 2 is 1.82 bits per heavy atom. The third-order valence-corrected chi connectivity index (χ3v) is 6.14. The Labute approximate surface area is 195 Å². The van der Waals surface area contributed by atoms with Crippen molar-refractivity contribution in [2.75, 3.05) is 45.2 Å². The van der Waals surface area contributed by atoms with Gasteiger partial charge in [0.15, 0.2) is 5.65 Å². The highest BCUT2D eigenvalue weighted by molar-refractivity contribution is 6.29. The molecule has 1 aromatic carbocycles. The first-order valence-corrected chi connectivity index (χ1v) is 10.9. The Kier molecular flexibility index (Phi) is 5.51. The van der Waals surface area contributed by atoms with Crippen LogP contribution in [0, 0.1) is 0 Å². The van der Waals surface area contributed by atoms with E-state index in [4.69, 9.17) is 21.1 Å². The van der Waals surface area contributed by atoms with Gasteiger partial charge >= 0.3 is 6.09 Å². The van der Waals surface area contributed by atoms with Gasteiger partial charge in [-0.05, 0) is 49.5 Å². The van der Waals surface area contributed by atoms with Crippen molar-refractivity contribution in [2.24, 2.45) is 0 Å². The molecule has 2 amide bonds. The molecule has 9 nitrogen and oxygen atoms in total. The Balaban J connectivity index is 1.53. The number of hydrogen-bond donors (Lipinski definition) is 0. The molecule has 3 aromatic rings. The molecule has 10 heteroatoms. The molecule has 4 heterocycles. The Morgan fingerprint density at radius 1 is 1.06 bits per heavy atom. The van der Waals surface area contributed by atoms with Crippen LogP contribution in [0.15, 0.2) is 42.5 Å². The van der Waals surface area contributed by atoms with E-state index in [0.29, 0.717) is 46.6 Å². The van der Waals surface area contributed by atoms with Crippen LogP contribution in [0.2, 0.25) is 5.15 Å². The minimum Gasteiger partial charge on any atom is -0.497 e. The van der Waals surface area contributed by atoms with Gasteiger partial charge in [0.25, 0.3) is 5.91 Å². The smallest absolute Gasteiger partial charge is 0.412 e. The van der Waals surface area contributed by atoms with Gasteiger partial charge in [0.1, 0.15) is 16.7 Å². The molecule has 1 atom stereocenters. The van der Waals surface area contributed by atoms with Crippen molar-refractivity contribution in [1.29, 1.82) is 0 Å². The molecule has 0 saturated carbocycles. The monoisotopic (exact) mass is 467 g/mol. The first kappa shape index (κ1) is 21.4. The molecule has 5 rings (SSSR count). The predicted octanol–water partition coefficient (Wildman–Crippen LogP) is 3.33. The summed E-state index contributed by atoms with van der Waals surface area (Å²) in [6.45, 7) is 2.62. The van der Waals surface area contributed by atoms with E-state index in [1.54, 1.807) is 54.5 Å². The number of methoxy groups -OCH3 is 1. The van der Waals surface area contributed by atoms with Crippen molar-refractivity contribution in [1.82, 2.24) is 19.8 Å². The number of benzene rings is 1. The second-order valence-electron chi connectivity index (χ2n) is 8.00. The van der Waals surface area contributed by atoms with Gasteiger partial charge in [0.05, 0.1) is 7.11 Å². The number of halogens is 1. The number of rotatable bonds is 3. The highest BCUT2D eigenvalue weighted by atomic mass is 35.5. The van der Waals surface area contributed by atoms with Gasteiger partial charge in [0.2, 0.25) is 6.23 Å². The molecule has 0 aliphatic carbocycles. The van der Waals surface area contributed by atoms with E-state index < -0.39 is 12.3 Å². The van der Waals surface area contributed by atoms with Crippen LogP contribution < -0.4 is 9.64 Å².